The van der Waals surface area contributed by atoms with Crippen molar-refractivity contribution < 1.29 is 9.84 Å². The number of rotatable bonds is 6. The van der Waals surface area contributed by atoms with Crippen molar-refractivity contribution in [3.05, 3.63) is 35.4 Å². The molecule has 84 valence electrons. The molecule has 0 saturated carbocycles. The second-order valence-corrected chi connectivity index (χ2v) is 3.92. The summed E-state index contributed by atoms with van der Waals surface area (Å²) in [7, 11) is 0. The van der Waals surface area contributed by atoms with E-state index in [1.807, 2.05) is 0 Å². The Balaban J connectivity index is 2.31. The molecule has 0 saturated heterocycles. The van der Waals surface area contributed by atoms with E-state index in [9.17, 15) is 5.11 Å². The van der Waals surface area contributed by atoms with Crippen molar-refractivity contribution in [1.29, 1.82) is 0 Å². The summed E-state index contributed by atoms with van der Waals surface area (Å²) in [4.78, 5) is 0. The summed E-state index contributed by atoms with van der Waals surface area (Å²) in [5, 5.41) is 9.67. The summed E-state index contributed by atoms with van der Waals surface area (Å²) < 4.78 is 5.29. The monoisotopic (exact) mass is 208 g/mol. The molecule has 1 aromatic carbocycles. The number of hydrogen-bond donors (Lipinski definition) is 1. The molecule has 0 spiro atoms. The molecule has 1 aromatic rings. The van der Waals surface area contributed by atoms with Gasteiger partial charge in [0.1, 0.15) is 0 Å². The minimum absolute atomic E-state index is 0.390. The minimum atomic E-state index is -0.390. The Bertz CT molecular complexity index is 266. The molecule has 0 fully saturated rings. The lowest BCUT2D eigenvalue weighted by Crippen LogP contribution is -2.18. The van der Waals surface area contributed by atoms with Gasteiger partial charge in [-0.05, 0) is 18.9 Å². The zero-order chi connectivity index (χ0) is 11.1. The first kappa shape index (κ1) is 12.2. The first-order chi connectivity index (χ1) is 7.22. The highest BCUT2D eigenvalue weighted by Gasteiger charge is 2.05. The van der Waals surface area contributed by atoms with Crippen LogP contribution in [0, 0.1) is 6.92 Å². The molecule has 0 aliphatic heterocycles. The van der Waals surface area contributed by atoms with Crippen molar-refractivity contribution in [1.82, 2.24) is 0 Å². The predicted octanol–water partition coefficient (Wildman–Crippen LogP) is 2.33. The Morgan fingerprint density at radius 2 is 1.93 bits per heavy atom. The van der Waals surface area contributed by atoms with Crippen LogP contribution < -0.4 is 0 Å². The third-order valence-electron chi connectivity index (χ3n) is 2.25. The van der Waals surface area contributed by atoms with Crippen molar-refractivity contribution in [3.63, 3.8) is 0 Å². The van der Waals surface area contributed by atoms with E-state index in [-0.39, 0.29) is 6.10 Å². The highest BCUT2D eigenvalue weighted by atomic mass is 16.5. The number of ether oxygens (including phenoxy) is 1. The molecule has 0 radical (unpaired) electrons. The van der Waals surface area contributed by atoms with Crippen molar-refractivity contribution >= 4 is 0 Å². The van der Waals surface area contributed by atoms with Crippen molar-refractivity contribution in [2.45, 2.75) is 32.8 Å². The van der Waals surface area contributed by atoms with Crippen LogP contribution in [0.4, 0.5) is 0 Å². The molecule has 0 heterocycles. The number of aliphatic hydroxyl groups is 1. The Morgan fingerprint density at radius 3 is 2.53 bits per heavy atom. The molecule has 0 aromatic heterocycles. The maximum atomic E-state index is 9.67. The quantitative estimate of drug-likeness (QED) is 0.727. The van der Waals surface area contributed by atoms with Gasteiger partial charge < -0.3 is 9.84 Å². The second kappa shape index (κ2) is 6.59. The molecule has 1 atom stereocenters. The first-order valence-corrected chi connectivity index (χ1v) is 5.53. The highest BCUT2D eigenvalue weighted by molar-refractivity contribution is 5.21. The summed E-state index contributed by atoms with van der Waals surface area (Å²) in [5.41, 5.74) is 2.41. The van der Waals surface area contributed by atoms with E-state index in [4.69, 9.17) is 4.74 Å². The molecule has 2 nitrogen and oxygen atoms in total. The third-order valence-corrected chi connectivity index (χ3v) is 2.25. The van der Waals surface area contributed by atoms with Gasteiger partial charge in [-0.3, -0.25) is 0 Å². The number of hydrogen-bond acceptors (Lipinski definition) is 2. The third kappa shape index (κ3) is 4.96. The Hall–Kier alpha value is -0.860. The van der Waals surface area contributed by atoms with Crippen molar-refractivity contribution in [2.24, 2.45) is 0 Å². The maximum Gasteiger partial charge on any atom is 0.0813 e. The van der Waals surface area contributed by atoms with Gasteiger partial charge in [0.25, 0.3) is 0 Å². The average Bonchev–Trinajstić information content (AvgIpc) is 2.22. The van der Waals surface area contributed by atoms with Gasteiger partial charge in [-0.1, -0.05) is 36.8 Å². The van der Waals surface area contributed by atoms with Gasteiger partial charge in [0.15, 0.2) is 0 Å². The lowest BCUT2D eigenvalue weighted by Gasteiger charge is -2.10. The van der Waals surface area contributed by atoms with Crippen LogP contribution in [0.15, 0.2) is 24.3 Å². The Morgan fingerprint density at radius 1 is 1.27 bits per heavy atom. The molecule has 0 bridgehead atoms. The maximum absolute atomic E-state index is 9.67. The number of benzene rings is 1. The van der Waals surface area contributed by atoms with E-state index in [1.54, 1.807) is 0 Å². The van der Waals surface area contributed by atoms with Gasteiger partial charge in [0, 0.05) is 13.0 Å². The number of aryl methyl sites for hydroxylation is 1. The Kier molecular flexibility index (Phi) is 5.37. The molecule has 0 amide bonds. The van der Waals surface area contributed by atoms with Gasteiger partial charge in [-0.2, -0.15) is 0 Å². The van der Waals surface area contributed by atoms with E-state index in [2.05, 4.69) is 38.1 Å². The first-order valence-electron chi connectivity index (χ1n) is 5.53. The van der Waals surface area contributed by atoms with Crippen LogP contribution in [0.5, 0.6) is 0 Å². The fourth-order valence-electron chi connectivity index (χ4n) is 1.42. The molecule has 1 unspecified atom stereocenters. The second-order valence-electron chi connectivity index (χ2n) is 3.92. The van der Waals surface area contributed by atoms with Gasteiger partial charge >= 0.3 is 0 Å². The van der Waals surface area contributed by atoms with Crippen molar-refractivity contribution in [2.75, 3.05) is 13.2 Å². The van der Waals surface area contributed by atoms with Crippen LogP contribution in [0.3, 0.4) is 0 Å². The standard InChI is InChI=1S/C13H20O2/c1-3-8-15-10-13(14)9-12-6-4-11(2)5-7-12/h4-7,13-14H,3,8-10H2,1-2H3. The van der Waals surface area contributed by atoms with Crippen LogP contribution in [0.1, 0.15) is 24.5 Å². The molecule has 1 rings (SSSR count). The largest absolute Gasteiger partial charge is 0.390 e. The highest BCUT2D eigenvalue weighted by Crippen LogP contribution is 2.06. The fraction of sp³-hybridized carbons (Fsp3) is 0.538. The lowest BCUT2D eigenvalue weighted by molar-refractivity contribution is 0.0374. The Labute approximate surface area is 91.9 Å². The smallest absolute Gasteiger partial charge is 0.0813 e. The lowest BCUT2D eigenvalue weighted by atomic mass is 10.1. The fourth-order valence-corrected chi connectivity index (χ4v) is 1.42. The topological polar surface area (TPSA) is 29.5 Å². The zero-order valence-electron chi connectivity index (χ0n) is 9.57. The van der Waals surface area contributed by atoms with Crippen LogP contribution in [0.2, 0.25) is 0 Å². The molecule has 1 N–H and O–H groups in total. The van der Waals surface area contributed by atoms with Gasteiger partial charge in [-0.25, -0.2) is 0 Å². The minimum Gasteiger partial charge on any atom is -0.390 e. The normalized spacial score (nSPS) is 12.7. The van der Waals surface area contributed by atoms with Gasteiger partial charge in [0.05, 0.1) is 12.7 Å². The molecule has 0 aliphatic carbocycles. The molecule has 0 aliphatic rings. The SMILES string of the molecule is CCCOCC(O)Cc1ccc(C)cc1. The van der Waals surface area contributed by atoms with E-state index in [0.717, 1.165) is 18.6 Å². The summed E-state index contributed by atoms with van der Waals surface area (Å²) in [6.45, 7) is 5.28. The summed E-state index contributed by atoms with van der Waals surface area (Å²) in [6.07, 6.45) is 1.28. The van der Waals surface area contributed by atoms with E-state index < -0.39 is 0 Å². The predicted molar refractivity (Wildman–Crippen MR) is 62.0 cm³/mol. The summed E-state index contributed by atoms with van der Waals surface area (Å²) in [5.74, 6) is 0. The average molecular weight is 208 g/mol. The summed E-state index contributed by atoms with van der Waals surface area (Å²) in [6, 6.07) is 8.24. The van der Waals surface area contributed by atoms with Crippen molar-refractivity contribution in [3.8, 4) is 0 Å². The summed E-state index contributed by atoms with van der Waals surface area (Å²) >= 11 is 0. The zero-order valence-corrected chi connectivity index (χ0v) is 9.57. The van der Waals surface area contributed by atoms with E-state index in [1.165, 1.54) is 5.56 Å². The molecule has 2 heteroatoms. The van der Waals surface area contributed by atoms with Gasteiger partial charge in [0.2, 0.25) is 0 Å². The molecule has 15 heavy (non-hydrogen) atoms. The van der Waals surface area contributed by atoms with Gasteiger partial charge in [-0.15, -0.1) is 0 Å². The number of aliphatic hydroxyl groups excluding tert-OH is 1. The van der Waals surface area contributed by atoms with E-state index >= 15 is 0 Å². The molecular formula is C13H20O2. The van der Waals surface area contributed by atoms with Crippen LogP contribution in [-0.4, -0.2) is 24.4 Å². The molecular weight excluding hydrogens is 188 g/mol. The van der Waals surface area contributed by atoms with Crippen LogP contribution in [0.25, 0.3) is 0 Å². The van der Waals surface area contributed by atoms with E-state index in [0.29, 0.717) is 13.0 Å². The van der Waals surface area contributed by atoms with Crippen LogP contribution >= 0.6 is 0 Å². The van der Waals surface area contributed by atoms with Crippen LogP contribution in [-0.2, 0) is 11.2 Å².